The van der Waals surface area contributed by atoms with Crippen molar-refractivity contribution in [2.75, 3.05) is 6.54 Å². The molecule has 22 heavy (non-hydrogen) atoms. The summed E-state index contributed by atoms with van der Waals surface area (Å²) in [5.74, 6) is -1.98. The summed E-state index contributed by atoms with van der Waals surface area (Å²) in [6.45, 7) is 0.378. The minimum Gasteiger partial charge on any atom is -0.504 e. The van der Waals surface area contributed by atoms with Crippen molar-refractivity contribution in [2.45, 2.75) is 48.8 Å². The third kappa shape index (κ3) is 1.28. The van der Waals surface area contributed by atoms with Gasteiger partial charge in [0.25, 0.3) is 0 Å². The number of ketones is 1. The molecule has 0 amide bonds. The number of piperidine rings is 1. The first-order valence-corrected chi connectivity index (χ1v) is 7.06. The number of aromatic hydroxyl groups is 1. The normalized spacial score (nSPS) is 49.4. The summed E-state index contributed by atoms with van der Waals surface area (Å²) in [4.78, 5) is 12.9. The highest BCUT2D eigenvalue weighted by atomic mass is 35.5. The van der Waals surface area contributed by atoms with Crippen molar-refractivity contribution in [3.63, 3.8) is 0 Å². The van der Waals surface area contributed by atoms with Crippen LogP contribution in [0.25, 0.3) is 0 Å². The summed E-state index contributed by atoms with van der Waals surface area (Å²) in [5, 5.41) is 25.1. The topological polar surface area (TPSA) is 78.8 Å². The first kappa shape index (κ1) is 9.75. The largest absolute Gasteiger partial charge is 0.504 e. The molecule has 4 atom stereocenters. The van der Waals surface area contributed by atoms with E-state index in [2.05, 4.69) is 5.32 Å². The average Bonchev–Trinajstić information content (AvgIpc) is 2.81. The Hall–Kier alpha value is -1.30. The van der Waals surface area contributed by atoms with Gasteiger partial charge in [0.15, 0.2) is 23.4 Å². The van der Waals surface area contributed by atoms with Crippen LogP contribution < -0.4 is 10.1 Å². The van der Waals surface area contributed by atoms with Crippen LogP contribution in [0.1, 0.15) is 37.2 Å². The van der Waals surface area contributed by atoms with E-state index in [1.165, 1.54) is 0 Å². The molecule has 2 aliphatic carbocycles. The smallest absolute Gasteiger partial charge is 0.174 e. The number of carbonyl (C=O) groups excluding carboxylic acids is 1. The van der Waals surface area contributed by atoms with Crippen molar-refractivity contribution >= 4 is 18.2 Å². The number of hydrogen-bond donors (Lipinski definition) is 3. The molecule has 1 aromatic rings. The second kappa shape index (κ2) is 4.16. The molecule has 2 aliphatic heterocycles. The van der Waals surface area contributed by atoms with Gasteiger partial charge in [0, 0.05) is 20.7 Å². The third-order valence-electron chi connectivity index (χ3n) is 5.43. The second-order valence-electron chi connectivity index (χ2n) is 6.19. The van der Waals surface area contributed by atoms with Gasteiger partial charge in [-0.15, -0.1) is 12.4 Å². The van der Waals surface area contributed by atoms with Crippen LogP contribution in [0.3, 0.4) is 0 Å². The highest BCUT2D eigenvalue weighted by molar-refractivity contribution is 5.90. The molecule has 5 nitrogen and oxygen atoms in total. The molecule has 1 saturated carbocycles. The molecule has 0 radical (unpaired) electrons. The Labute approximate surface area is 141 Å². The molecule has 1 spiro atoms. The molecule has 0 aromatic heterocycles. The van der Waals surface area contributed by atoms with Crippen LogP contribution in [0.2, 0.25) is 0 Å². The van der Waals surface area contributed by atoms with Crippen molar-refractivity contribution < 1.29 is 26.6 Å². The molecule has 5 rings (SSSR count). The Kier molecular flexibility index (Phi) is 1.84. The lowest BCUT2D eigenvalue weighted by Crippen LogP contribution is -2.76. The highest BCUT2D eigenvalue weighted by Crippen LogP contribution is 2.63. The number of Topliss-reactive ketones (excluding diaryl/α,β-unsaturated/α-hetero) is 1. The maximum atomic E-state index is 12.9. The lowest BCUT2D eigenvalue weighted by molar-refractivity contribution is -0.166. The van der Waals surface area contributed by atoms with E-state index in [1.54, 1.807) is 0 Å². The van der Waals surface area contributed by atoms with E-state index in [1.807, 2.05) is 0 Å². The number of aliphatic hydroxyl groups is 1. The van der Waals surface area contributed by atoms with Crippen molar-refractivity contribution in [1.82, 2.24) is 5.32 Å². The van der Waals surface area contributed by atoms with E-state index in [0.29, 0.717) is 12.1 Å². The van der Waals surface area contributed by atoms with Crippen LogP contribution in [0.15, 0.2) is 12.1 Å². The van der Waals surface area contributed by atoms with Crippen LogP contribution in [0.4, 0.5) is 0 Å². The molecule has 2 heterocycles. The summed E-state index contributed by atoms with van der Waals surface area (Å²) >= 11 is 0. The number of benzene rings is 1. The number of hydrogen-bond acceptors (Lipinski definition) is 5. The monoisotopic (exact) mass is 328 g/mol. The standard InChI is InChI=1S/C16H17NO4.ClH/c18-9-2-1-8-7-11-16(20)4-3-10(19)14-15(16,5-6-17-11)12(8)13(9)21-14;/h1-2,11,14,17-18,20H,3-7H2;1H/t11-,14+,15+,16-;/m1./s1/i1D,2D,3D2,14D;. The Bertz CT molecular complexity index is 914. The first-order chi connectivity index (χ1) is 12.0. The van der Waals surface area contributed by atoms with E-state index in [0.717, 1.165) is 0 Å². The van der Waals surface area contributed by atoms with Gasteiger partial charge < -0.3 is 20.3 Å². The Morgan fingerprint density at radius 1 is 1.50 bits per heavy atom. The van der Waals surface area contributed by atoms with Crippen LogP contribution in [-0.4, -0.2) is 40.3 Å². The van der Waals surface area contributed by atoms with Crippen molar-refractivity contribution in [3.8, 4) is 11.5 Å². The van der Waals surface area contributed by atoms with Gasteiger partial charge in [-0.25, -0.2) is 0 Å². The maximum absolute atomic E-state index is 12.9. The summed E-state index contributed by atoms with van der Waals surface area (Å²) in [7, 11) is 0. The van der Waals surface area contributed by atoms with E-state index in [9.17, 15) is 15.0 Å². The van der Waals surface area contributed by atoms with Crippen LogP contribution in [-0.2, 0) is 16.6 Å². The first-order valence-electron chi connectivity index (χ1n) is 9.56. The Balaban J connectivity index is 0.00000180. The van der Waals surface area contributed by atoms with Gasteiger partial charge in [0.1, 0.15) is 0 Å². The zero-order valence-electron chi connectivity index (χ0n) is 16.5. The number of nitrogens with one attached hydrogen (secondary N) is 1. The fourth-order valence-electron chi connectivity index (χ4n) is 4.54. The van der Waals surface area contributed by atoms with Crippen molar-refractivity contribution in [1.29, 1.82) is 0 Å². The molecule has 2 bridgehead atoms. The highest BCUT2D eigenvalue weighted by Gasteiger charge is 2.71. The van der Waals surface area contributed by atoms with Crippen molar-refractivity contribution in [3.05, 3.63) is 23.2 Å². The fourth-order valence-corrected chi connectivity index (χ4v) is 4.54. The lowest BCUT2D eigenvalue weighted by Gasteiger charge is -2.59. The Morgan fingerprint density at radius 2 is 2.32 bits per heavy atom. The summed E-state index contributed by atoms with van der Waals surface area (Å²) in [6.07, 6.45) is -5.16. The quantitative estimate of drug-likeness (QED) is 0.657. The lowest BCUT2D eigenvalue weighted by atomic mass is 9.49. The van der Waals surface area contributed by atoms with Gasteiger partial charge in [0.05, 0.1) is 15.1 Å². The van der Waals surface area contributed by atoms with Gasteiger partial charge in [-0.05, 0) is 37.4 Å². The van der Waals surface area contributed by atoms with Gasteiger partial charge in [0.2, 0.25) is 0 Å². The SMILES string of the molecule is Cl.[2H]c1c([2H])c2c3c(c1O)O[C@@]1([2H])C(=O)C([2H])([2H])C[C@@]4(O)[C@@H](C2)NCC[C@]314. The number of carbonyl (C=O) groups is 1. The molecule has 0 unspecified atom stereocenters. The molecular weight excluding hydrogens is 306 g/mol. The molecule has 3 N–H and O–H groups in total. The number of ether oxygens (including phenoxy) is 1. The van der Waals surface area contributed by atoms with Crippen molar-refractivity contribution in [2.24, 2.45) is 0 Å². The summed E-state index contributed by atoms with van der Waals surface area (Å²) < 4.78 is 46.8. The zero-order valence-corrected chi connectivity index (χ0v) is 12.3. The van der Waals surface area contributed by atoms with Gasteiger partial charge >= 0.3 is 0 Å². The predicted octanol–water partition coefficient (Wildman–Crippen LogP) is 0.825. The van der Waals surface area contributed by atoms with Crippen LogP contribution in [0.5, 0.6) is 11.5 Å². The third-order valence-corrected chi connectivity index (χ3v) is 5.43. The number of rotatable bonds is 0. The van der Waals surface area contributed by atoms with Crippen LogP contribution in [0, 0.1) is 0 Å². The predicted molar refractivity (Wildman–Crippen MR) is 80.8 cm³/mol. The molecule has 2 fully saturated rings. The van der Waals surface area contributed by atoms with E-state index in [4.69, 9.17) is 11.6 Å². The minimum atomic E-state index is -2.47. The van der Waals surface area contributed by atoms with Gasteiger partial charge in [-0.2, -0.15) is 0 Å². The fraction of sp³-hybridized carbons (Fsp3) is 0.562. The van der Waals surface area contributed by atoms with E-state index >= 15 is 0 Å². The average molecular weight is 329 g/mol. The maximum Gasteiger partial charge on any atom is 0.174 e. The molecule has 118 valence electrons. The van der Waals surface area contributed by atoms with E-state index < -0.39 is 53.5 Å². The Morgan fingerprint density at radius 3 is 3.14 bits per heavy atom. The molecule has 1 saturated heterocycles. The molecular formula is C16H18ClNO4. The minimum absolute atomic E-state index is 0. The van der Waals surface area contributed by atoms with Gasteiger partial charge in [-0.3, -0.25) is 4.79 Å². The zero-order chi connectivity index (χ0) is 18.9. The summed E-state index contributed by atoms with van der Waals surface area (Å²) in [6, 6.07) is -1.36. The summed E-state index contributed by atoms with van der Waals surface area (Å²) in [5.41, 5.74) is -2.77. The molecule has 1 aromatic carbocycles. The van der Waals surface area contributed by atoms with Gasteiger partial charge in [-0.1, -0.05) is 6.04 Å². The number of phenols is 1. The second-order valence-corrected chi connectivity index (χ2v) is 6.19. The number of phenolic OH excluding ortho intramolecular Hbond substituents is 1. The molecule has 4 aliphatic rings. The van der Waals surface area contributed by atoms with E-state index in [-0.39, 0.29) is 42.6 Å². The number of halogens is 1. The molecule has 6 heteroatoms. The van der Waals surface area contributed by atoms with Crippen LogP contribution >= 0.6 is 12.4 Å².